The van der Waals surface area contributed by atoms with Crippen molar-refractivity contribution in [1.82, 2.24) is 10.2 Å². The van der Waals surface area contributed by atoms with Gasteiger partial charge in [0.2, 0.25) is 0 Å². The van der Waals surface area contributed by atoms with E-state index in [1.807, 2.05) is 18.2 Å². The maximum atomic E-state index is 12.3. The van der Waals surface area contributed by atoms with E-state index in [0.717, 1.165) is 43.7 Å². The molecule has 24 heavy (non-hydrogen) atoms. The summed E-state index contributed by atoms with van der Waals surface area (Å²) >= 11 is 0. The summed E-state index contributed by atoms with van der Waals surface area (Å²) in [6.45, 7) is 6.90. The van der Waals surface area contributed by atoms with E-state index >= 15 is 0 Å². The van der Waals surface area contributed by atoms with Crippen molar-refractivity contribution in [1.29, 1.82) is 0 Å². The largest absolute Gasteiger partial charge is 0.373 e. The molecule has 1 heterocycles. The second-order valence-electron chi connectivity index (χ2n) is 7.19. The third kappa shape index (κ3) is 4.71. The lowest BCUT2D eigenvalue weighted by Crippen LogP contribution is -2.45. The molecule has 1 aliphatic carbocycles. The average molecular weight is 331 g/mol. The van der Waals surface area contributed by atoms with Crippen LogP contribution in [0.25, 0.3) is 0 Å². The molecule has 1 aromatic rings. The number of amides is 2. The number of hydrogen-bond acceptors (Lipinski definition) is 3. The quantitative estimate of drug-likeness (QED) is 0.889. The molecule has 5 nitrogen and oxygen atoms in total. The molecule has 0 spiro atoms. The number of carbonyl (C=O) groups is 1. The van der Waals surface area contributed by atoms with E-state index in [2.05, 4.69) is 35.4 Å². The van der Waals surface area contributed by atoms with Gasteiger partial charge in [-0.05, 0) is 38.3 Å². The van der Waals surface area contributed by atoms with Crippen LogP contribution in [0.2, 0.25) is 0 Å². The molecule has 1 aliphatic heterocycles. The summed E-state index contributed by atoms with van der Waals surface area (Å²) in [7, 11) is 0. The van der Waals surface area contributed by atoms with Crippen molar-refractivity contribution in [2.75, 3.05) is 18.4 Å². The first-order valence-corrected chi connectivity index (χ1v) is 9.13. The minimum Gasteiger partial charge on any atom is -0.373 e. The number of carbonyl (C=O) groups excluding carboxylic acids is 1. The number of para-hydroxylation sites is 1. The van der Waals surface area contributed by atoms with Gasteiger partial charge in [-0.2, -0.15) is 0 Å². The first-order valence-electron chi connectivity index (χ1n) is 9.13. The summed E-state index contributed by atoms with van der Waals surface area (Å²) in [6, 6.07) is 8.32. The summed E-state index contributed by atoms with van der Waals surface area (Å²) in [5.74, 6) is 0. The minimum atomic E-state index is -0.0851. The van der Waals surface area contributed by atoms with E-state index in [1.165, 1.54) is 12.8 Å². The Labute approximate surface area is 144 Å². The normalized spacial score (nSPS) is 25.6. The van der Waals surface area contributed by atoms with Crippen LogP contribution in [0.3, 0.4) is 0 Å². The van der Waals surface area contributed by atoms with Gasteiger partial charge in [0.25, 0.3) is 0 Å². The fourth-order valence-electron chi connectivity index (χ4n) is 3.85. The lowest BCUT2D eigenvalue weighted by atomic mass is 10.1. The summed E-state index contributed by atoms with van der Waals surface area (Å²) in [5.41, 5.74) is 2.06. The van der Waals surface area contributed by atoms with Gasteiger partial charge in [-0.1, -0.05) is 31.0 Å². The Balaban J connectivity index is 1.61. The van der Waals surface area contributed by atoms with Crippen LogP contribution in [-0.4, -0.2) is 42.3 Å². The van der Waals surface area contributed by atoms with Gasteiger partial charge in [0, 0.05) is 31.4 Å². The third-order valence-corrected chi connectivity index (χ3v) is 4.85. The van der Waals surface area contributed by atoms with Crippen LogP contribution in [0.15, 0.2) is 24.3 Å². The van der Waals surface area contributed by atoms with Crippen LogP contribution in [0.5, 0.6) is 0 Å². The van der Waals surface area contributed by atoms with Crippen LogP contribution in [0.4, 0.5) is 10.5 Å². The molecule has 1 saturated carbocycles. The van der Waals surface area contributed by atoms with Crippen molar-refractivity contribution in [3.63, 3.8) is 0 Å². The maximum absolute atomic E-state index is 12.3. The van der Waals surface area contributed by atoms with Crippen molar-refractivity contribution < 1.29 is 9.53 Å². The number of rotatable bonds is 4. The van der Waals surface area contributed by atoms with Gasteiger partial charge < -0.3 is 15.4 Å². The monoisotopic (exact) mass is 331 g/mol. The zero-order valence-corrected chi connectivity index (χ0v) is 14.8. The highest BCUT2D eigenvalue weighted by molar-refractivity contribution is 5.90. The predicted octanol–water partition coefficient (Wildman–Crippen LogP) is 3.36. The molecule has 2 N–H and O–H groups in total. The van der Waals surface area contributed by atoms with Crippen molar-refractivity contribution in [2.24, 2.45) is 0 Å². The molecule has 1 saturated heterocycles. The highest BCUT2D eigenvalue weighted by Crippen LogP contribution is 2.21. The van der Waals surface area contributed by atoms with Crippen molar-refractivity contribution >= 4 is 11.7 Å². The van der Waals surface area contributed by atoms with E-state index in [9.17, 15) is 4.79 Å². The zero-order valence-electron chi connectivity index (χ0n) is 14.8. The standard InChI is InChI=1S/C19H29N3O2/c1-14-11-22(12-15(2)24-14)13-16-7-3-6-10-18(16)21-19(23)20-17-8-4-5-9-17/h3,6-7,10,14-15,17H,4-5,8-9,11-13H2,1-2H3,(H2,20,21,23)/t14-,15-/m0/s1. The van der Waals surface area contributed by atoms with Crippen molar-refractivity contribution in [3.05, 3.63) is 29.8 Å². The van der Waals surface area contributed by atoms with Crippen LogP contribution in [0, 0.1) is 0 Å². The molecular formula is C19H29N3O2. The van der Waals surface area contributed by atoms with Crippen LogP contribution < -0.4 is 10.6 Å². The molecule has 3 rings (SSSR count). The van der Waals surface area contributed by atoms with E-state index in [-0.39, 0.29) is 18.2 Å². The van der Waals surface area contributed by atoms with Crippen LogP contribution >= 0.6 is 0 Å². The molecule has 132 valence electrons. The average Bonchev–Trinajstić information content (AvgIpc) is 3.01. The second-order valence-corrected chi connectivity index (χ2v) is 7.19. The van der Waals surface area contributed by atoms with E-state index in [1.54, 1.807) is 0 Å². The Bertz CT molecular complexity index is 547. The van der Waals surface area contributed by atoms with Gasteiger partial charge in [-0.15, -0.1) is 0 Å². The van der Waals surface area contributed by atoms with Gasteiger partial charge >= 0.3 is 6.03 Å². The smallest absolute Gasteiger partial charge is 0.319 e. The molecule has 0 unspecified atom stereocenters. The van der Waals surface area contributed by atoms with E-state index in [4.69, 9.17) is 4.74 Å². The predicted molar refractivity (Wildman–Crippen MR) is 96.1 cm³/mol. The number of nitrogens with zero attached hydrogens (tertiary/aromatic N) is 1. The highest BCUT2D eigenvalue weighted by Gasteiger charge is 2.23. The number of nitrogens with one attached hydrogen (secondary N) is 2. The summed E-state index contributed by atoms with van der Waals surface area (Å²) in [5, 5.41) is 6.13. The van der Waals surface area contributed by atoms with E-state index < -0.39 is 0 Å². The summed E-state index contributed by atoms with van der Waals surface area (Å²) in [6.07, 6.45) is 5.13. The van der Waals surface area contributed by atoms with Gasteiger partial charge in [-0.25, -0.2) is 4.79 Å². The minimum absolute atomic E-state index is 0.0851. The molecule has 0 bridgehead atoms. The number of ether oxygens (including phenoxy) is 1. The molecule has 2 fully saturated rings. The van der Waals surface area contributed by atoms with E-state index in [0.29, 0.717) is 6.04 Å². The fourth-order valence-corrected chi connectivity index (χ4v) is 3.85. The number of hydrogen-bond donors (Lipinski definition) is 2. The number of urea groups is 1. The number of anilines is 1. The zero-order chi connectivity index (χ0) is 16.9. The number of morpholine rings is 1. The van der Waals surface area contributed by atoms with Gasteiger partial charge in [0.1, 0.15) is 0 Å². The Kier molecular flexibility index (Phi) is 5.74. The fraction of sp³-hybridized carbons (Fsp3) is 0.632. The molecule has 1 aromatic carbocycles. The second kappa shape index (κ2) is 7.99. The maximum Gasteiger partial charge on any atom is 0.319 e. The van der Waals surface area contributed by atoms with Crippen LogP contribution in [0.1, 0.15) is 45.1 Å². The molecule has 2 amide bonds. The SMILES string of the molecule is C[C@H]1CN(Cc2ccccc2NC(=O)NC2CCCC2)C[C@H](C)O1. The van der Waals surface area contributed by atoms with Gasteiger partial charge in [0.05, 0.1) is 12.2 Å². The summed E-state index contributed by atoms with van der Waals surface area (Å²) < 4.78 is 5.80. The van der Waals surface area contributed by atoms with Gasteiger partial charge in [-0.3, -0.25) is 4.90 Å². The Morgan fingerprint density at radius 2 is 1.83 bits per heavy atom. The topological polar surface area (TPSA) is 53.6 Å². The molecule has 0 radical (unpaired) electrons. The first kappa shape index (κ1) is 17.2. The molecule has 0 aromatic heterocycles. The molecule has 2 atom stereocenters. The first-order chi connectivity index (χ1) is 11.6. The number of benzene rings is 1. The highest BCUT2D eigenvalue weighted by atomic mass is 16.5. The Hall–Kier alpha value is -1.59. The third-order valence-electron chi connectivity index (χ3n) is 4.85. The summed E-state index contributed by atoms with van der Waals surface area (Å²) in [4.78, 5) is 14.7. The van der Waals surface area contributed by atoms with Gasteiger partial charge in [0.15, 0.2) is 0 Å². The lowest BCUT2D eigenvalue weighted by molar-refractivity contribution is -0.0704. The van der Waals surface area contributed by atoms with Crippen LogP contribution in [-0.2, 0) is 11.3 Å². The molecule has 5 heteroatoms. The Morgan fingerprint density at radius 1 is 1.17 bits per heavy atom. The Morgan fingerprint density at radius 3 is 2.54 bits per heavy atom. The van der Waals surface area contributed by atoms with Crippen molar-refractivity contribution in [2.45, 2.75) is 64.3 Å². The molecule has 2 aliphatic rings. The van der Waals surface area contributed by atoms with Crippen molar-refractivity contribution in [3.8, 4) is 0 Å². The molecular weight excluding hydrogens is 302 g/mol. The lowest BCUT2D eigenvalue weighted by Gasteiger charge is -2.35.